The fourth-order valence-electron chi connectivity index (χ4n) is 2.73. The summed E-state index contributed by atoms with van der Waals surface area (Å²) in [4.78, 5) is 4.31. The predicted octanol–water partition coefficient (Wildman–Crippen LogP) is 5.69. The van der Waals surface area contributed by atoms with Crippen LogP contribution in [0.2, 0.25) is 0 Å². The van der Waals surface area contributed by atoms with E-state index in [4.69, 9.17) is 0 Å². The molecule has 2 aromatic carbocycles. The van der Waals surface area contributed by atoms with Crippen LogP contribution in [0.4, 0.5) is 0 Å². The summed E-state index contributed by atoms with van der Waals surface area (Å²) in [5.74, 6) is 0. The fourth-order valence-corrected chi connectivity index (χ4v) is 2.73. The average Bonchev–Trinajstić information content (AvgIpc) is 2.53. The van der Waals surface area contributed by atoms with Gasteiger partial charge in [-0.3, -0.25) is 0 Å². The third kappa shape index (κ3) is 11.1. The normalized spacial score (nSPS) is 11.7. The van der Waals surface area contributed by atoms with E-state index in [0.29, 0.717) is 0 Å². The Bertz CT molecular complexity index is 624. The van der Waals surface area contributed by atoms with Gasteiger partial charge in [-0.05, 0) is 28.2 Å². The van der Waals surface area contributed by atoms with E-state index in [2.05, 4.69) is 128 Å². The van der Waals surface area contributed by atoms with Crippen LogP contribution >= 0.6 is 0 Å². The molecule has 0 atom stereocenters. The van der Waals surface area contributed by atoms with Crippen molar-refractivity contribution >= 4 is 0 Å². The maximum atomic E-state index is 3.33. The van der Waals surface area contributed by atoms with E-state index < -0.39 is 0 Å². The van der Waals surface area contributed by atoms with Crippen LogP contribution in [-0.2, 0) is 45.0 Å². The second-order valence-corrected chi connectivity index (χ2v) is 10.2. The summed E-state index contributed by atoms with van der Waals surface area (Å²) in [6.07, 6.45) is 0. The van der Waals surface area contributed by atoms with Crippen molar-refractivity contribution in [1.82, 2.24) is 9.80 Å². The van der Waals surface area contributed by atoms with Gasteiger partial charge in [0, 0.05) is 13.1 Å². The van der Waals surface area contributed by atoms with Crippen molar-refractivity contribution in [3.8, 4) is 0 Å². The first kappa shape index (κ1) is 28.0. The SMILES string of the molecule is CN(C)Cc1[c-]cc(C(C)(C)C)cc1.CN(C)Cc1[c-]cc(C(C)(C)C)cc1.[Mo+2]. The minimum Gasteiger partial charge on any atom is -0.307 e. The standard InChI is InChI=1S/2C13H20N.Mo/c2*1-13(2,3)12-8-6-11(7-9-12)10-14(4)5;/h2*6,8-9H,10H2,1-5H3;/q2*-1;+2. The summed E-state index contributed by atoms with van der Waals surface area (Å²) >= 11 is 0. The summed E-state index contributed by atoms with van der Waals surface area (Å²) in [5.41, 5.74) is 5.66. The van der Waals surface area contributed by atoms with E-state index in [1.807, 2.05) is 0 Å². The van der Waals surface area contributed by atoms with Crippen LogP contribution in [0.5, 0.6) is 0 Å². The molecule has 0 aliphatic carbocycles. The van der Waals surface area contributed by atoms with E-state index in [-0.39, 0.29) is 31.9 Å². The summed E-state index contributed by atoms with van der Waals surface area (Å²) in [6, 6.07) is 19.6. The van der Waals surface area contributed by atoms with Gasteiger partial charge in [-0.15, -0.1) is 11.1 Å². The summed E-state index contributed by atoms with van der Waals surface area (Å²) < 4.78 is 0. The molecule has 2 rings (SSSR count). The van der Waals surface area contributed by atoms with E-state index in [1.165, 1.54) is 22.3 Å². The van der Waals surface area contributed by atoms with Crippen LogP contribution in [0.1, 0.15) is 63.8 Å². The zero-order valence-electron chi connectivity index (χ0n) is 20.2. The smallest absolute Gasteiger partial charge is 0.307 e. The molecule has 0 aromatic heterocycles. The Morgan fingerprint density at radius 2 is 0.931 bits per heavy atom. The monoisotopic (exact) mass is 478 g/mol. The Morgan fingerprint density at radius 3 is 1.10 bits per heavy atom. The molecule has 3 heteroatoms. The molecule has 0 saturated carbocycles. The van der Waals surface area contributed by atoms with Crippen molar-refractivity contribution in [2.24, 2.45) is 0 Å². The minimum absolute atomic E-state index is 0. The number of hydrogen-bond acceptors (Lipinski definition) is 2. The summed E-state index contributed by atoms with van der Waals surface area (Å²) in [7, 11) is 8.30. The van der Waals surface area contributed by atoms with Gasteiger partial charge in [0.25, 0.3) is 0 Å². The molecule has 2 aromatic rings. The van der Waals surface area contributed by atoms with E-state index in [1.54, 1.807) is 0 Å². The van der Waals surface area contributed by atoms with Crippen molar-refractivity contribution in [2.45, 2.75) is 65.5 Å². The van der Waals surface area contributed by atoms with E-state index >= 15 is 0 Å². The van der Waals surface area contributed by atoms with Crippen LogP contribution in [0.25, 0.3) is 0 Å². The van der Waals surface area contributed by atoms with Crippen LogP contribution in [-0.4, -0.2) is 38.0 Å². The zero-order chi connectivity index (χ0) is 21.5. The molecule has 0 bridgehead atoms. The van der Waals surface area contributed by atoms with Gasteiger partial charge < -0.3 is 9.80 Å². The van der Waals surface area contributed by atoms with Crippen molar-refractivity contribution in [3.63, 3.8) is 0 Å². The third-order valence-corrected chi connectivity index (χ3v) is 4.46. The van der Waals surface area contributed by atoms with Crippen LogP contribution in [0.3, 0.4) is 0 Å². The number of rotatable bonds is 4. The molecule has 2 nitrogen and oxygen atoms in total. The van der Waals surface area contributed by atoms with Crippen LogP contribution in [0.15, 0.2) is 36.4 Å². The first-order valence-corrected chi connectivity index (χ1v) is 10.1. The van der Waals surface area contributed by atoms with Gasteiger partial charge in [-0.1, -0.05) is 52.4 Å². The maximum absolute atomic E-state index is 3.33. The average molecular weight is 477 g/mol. The molecule has 0 heterocycles. The second kappa shape index (κ2) is 12.0. The first-order chi connectivity index (χ1) is 12.8. The fraction of sp³-hybridized carbons (Fsp3) is 0.538. The molecule has 0 saturated heterocycles. The summed E-state index contributed by atoms with van der Waals surface area (Å²) in [6.45, 7) is 15.3. The quantitative estimate of drug-likeness (QED) is 0.413. The molecule has 0 N–H and O–H groups in total. The molecule has 0 amide bonds. The molecule has 0 aliphatic rings. The van der Waals surface area contributed by atoms with Crippen molar-refractivity contribution in [2.75, 3.05) is 28.2 Å². The predicted molar refractivity (Wildman–Crippen MR) is 123 cm³/mol. The Balaban J connectivity index is 0.000000523. The van der Waals surface area contributed by atoms with Gasteiger partial charge in [0.1, 0.15) is 0 Å². The molecule has 29 heavy (non-hydrogen) atoms. The molecule has 0 spiro atoms. The minimum atomic E-state index is 0. The molecular formula is C26H40MoN2. The van der Waals surface area contributed by atoms with Gasteiger partial charge in [0.05, 0.1) is 0 Å². The molecule has 160 valence electrons. The number of nitrogens with zero attached hydrogens (tertiary/aromatic N) is 2. The molecule has 0 unspecified atom stereocenters. The second-order valence-electron chi connectivity index (χ2n) is 10.2. The first-order valence-electron chi connectivity index (χ1n) is 10.1. The Morgan fingerprint density at radius 1 is 0.621 bits per heavy atom. The van der Waals surface area contributed by atoms with Crippen LogP contribution < -0.4 is 0 Å². The van der Waals surface area contributed by atoms with Gasteiger partial charge in [-0.2, -0.15) is 59.7 Å². The molecule has 0 fully saturated rings. The zero-order valence-corrected chi connectivity index (χ0v) is 22.2. The van der Waals surface area contributed by atoms with Gasteiger partial charge in [0.15, 0.2) is 0 Å². The van der Waals surface area contributed by atoms with Gasteiger partial charge in [-0.25, -0.2) is 0 Å². The van der Waals surface area contributed by atoms with Crippen molar-refractivity contribution < 1.29 is 21.1 Å². The molecule has 0 aliphatic heterocycles. The third-order valence-electron chi connectivity index (χ3n) is 4.46. The number of benzene rings is 2. The Kier molecular flexibility index (Phi) is 11.6. The van der Waals surface area contributed by atoms with Crippen molar-refractivity contribution in [1.29, 1.82) is 0 Å². The van der Waals surface area contributed by atoms with Crippen molar-refractivity contribution in [3.05, 3.63) is 70.8 Å². The molecular weight excluding hydrogens is 436 g/mol. The van der Waals surface area contributed by atoms with E-state index in [9.17, 15) is 0 Å². The summed E-state index contributed by atoms with van der Waals surface area (Å²) in [5, 5.41) is 0. The number of hydrogen-bond donors (Lipinski definition) is 0. The topological polar surface area (TPSA) is 6.48 Å². The maximum Gasteiger partial charge on any atom is 2.00 e. The van der Waals surface area contributed by atoms with Gasteiger partial charge >= 0.3 is 21.1 Å². The van der Waals surface area contributed by atoms with Crippen LogP contribution in [0, 0.1) is 12.1 Å². The Labute approximate surface area is 195 Å². The van der Waals surface area contributed by atoms with Gasteiger partial charge in [0.2, 0.25) is 0 Å². The Hall–Kier alpha value is -0.952. The van der Waals surface area contributed by atoms with E-state index in [0.717, 1.165) is 13.1 Å². The largest absolute Gasteiger partial charge is 2.00 e. The molecule has 0 radical (unpaired) electrons.